The third-order valence-corrected chi connectivity index (χ3v) is 6.98. The summed E-state index contributed by atoms with van der Waals surface area (Å²) in [5, 5.41) is 4.57. The van der Waals surface area contributed by atoms with Crippen LogP contribution in [0.1, 0.15) is 37.8 Å². The van der Waals surface area contributed by atoms with Crippen LogP contribution in [0, 0.1) is 6.92 Å². The zero-order chi connectivity index (χ0) is 21.8. The van der Waals surface area contributed by atoms with Crippen molar-refractivity contribution in [3.05, 3.63) is 59.0 Å². The van der Waals surface area contributed by atoms with Crippen molar-refractivity contribution in [1.82, 2.24) is 9.55 Å². The number of thiophene rings is 1. The van der Waals surface area contributed by atoms with Crippen LogP contribution in [0.4, 0.5) is 0 Å². The molecule has 0 bridgehead atoms. The minimum atomic E-state index is -0.331. The predicted molar refractivity (Wildman–Crippen MR) is 128 cm³/mol. The Morgan fingerprint density at radius 2 is 2.03 bits per heavy atom. The number of nitrogens with zero attached hydrogens (tertiary/aromatic N) is 2. The van der Waals surface area contributed by atoms with E-state index in [1.54, 1.807) is 23.1 Å². The lowest BCUT2D eigenvalue weighted by atomic mass is 10.1. The molecule has 162 valence electrons. The Hall–Kier alpha value is -2.35. The van der Waals surface area contributed by atoms with Crippen LogP contribution in [0.15, 0.2) is 53.0 Å². The first-order chi connectivity index (χ1) is 15.0. The van der Waals surface area contributed by atoms with Gasteiger partial charge in [-0.05, 0) is 61.9 Å². The van der Waals surface area contributed by atoms with Gasteiger partial charge in [0.25, 0.3) is 0 Å². The summed E-state index contributed by atoms with van der Waals surface area (Å²) in [6, 6.07) is 14.7. The maximum absolute atomic E-state index is 11.8. The third kappa shape index (κ3) is 5.11. The predicted octanol–water partition coefficient (Wildman–Crippen LogP) is 6.36. The van der Waals surface area contributed by atoms with Gasteiger partial charge in [-0.3, -0.25) is 4.89 Å². The first-order valence-corrected chi connectivity index (χ1v) is 12.3. The van der Waals surface area contributed by atoms with Crippen LogP contribution in [0.3, 0.4) is 0 Å². The molecule has 2 aromatic heterocycles. The largest absolute Gasteiger partial charge is 0.342 e. The van der Waals surface area contributed by atoms with Crippen LogP contribution in [-0.4, -0.2) is 27.4 Å². The molecule has 2 aromatic carbocycles. The molecule has 0 saturated carbocycles. The van der Waals surface area contributed by atoms with Crippen LogP contribution in [0.2, 0.25) is 0 Å². The number of aryl methyl sites for hydroxylation is 1. The molecule has 31 heavy (non-hydrogen) atoms. The van der Waals surface area contributed by atoms with Gasteiger partial charge in [0.05, 0.1) is 23.7 Å². The number of para-hydroxylation sites is 2. The van der Waals surface area contributed by atoms with Crippen molar-refractivity contribution in [3.63, 3.8) is 0 Å². The van der Waals surface area contributed by atoms with E-state index in [2.05, 4.69) is 47.2 Å². The minimum absolute atomic E-state index is 0.130. The summed E-state index contributed by atoms with van der Waals surface area (Å²) in [5.41, 5.74) is 4.74. The second-order valence-electron chi connectivity index (χ2n) is 7.73. The van der Waals surface area contributed by atoms with Gasteiger partial charge >= 0.3 is 5.97 Å². The molecule has 0 radical (unpaired) electrons. The van der Waals surface area contributed by atoms with E-state index in [1.807, 2.05) is 26.0 Å². The lowest BCUT2D eigenvalue weighted by Crippen LogP contribution is -2.10. The van der Waals surface area contributed by atoms with Crippen molar-refractivity contribution in [2.24, 2.45) is 0 Å². The second-order valence-corrected chi connectivity index (χ2v) is 9.70. The quantitative estimate of drug-likeness (QED) is 0.127. The van der Waals surface area contributed by atoms with E-state index >= 15 is 0 Å². The van der Waals surface area contributed by atoms with Crippen LogP contribution in [0.5, 0.6) is 0 Å². The number of fused-ring (bicyclic) bond motifs is 2. The average molecular weight is 455 g/mol. The fourth-order valence-corrected chi connectivity index (χ4v) is 5.50. The van der Waals surface area contributed by atoms with E-state index in [0.29, 0.717) is 12.8 Å². The van der Waals surface area contributed by atoms with Crippen molar-refractivity contribution < 1.29 is 14.6 Å². The van der Waals surface area contributed by atoms with Crippen molar-refractivity contribution in [2.75, 3.05) is 5.75 Å². The third-order valence-electron chi connectivity index (χ3n) is 4.92. The smallest absolute Gasteiger partial charge is 0.314 e. The van der Waals surface area contributed by atoms with Gasteiger partial charge in [0.1, 0.15) is 0 Å². The van der Waals surface area contributed by atoms with Crippen LogP contribution in [-0.2, 0) is 21.1 Å². The highest BCUT2D eigenvalue weighted by Crippen LogP contribution is 2.32. The number of hydrogen-bond donors (Lipinski definition) is 0. The summed E-state index contributed by atoms with van der Waals surface area (Å²) in [7, 11) is 0. The summed E-state index contributed by atoms with van der Waals surface area (Å²) >= 11 is 3.47. The number of aromatic nitrogens is 2. The molecule has 0 aliphatic heterocycles. The van der Waals surface area contributed by atoms with Crippen LogP contribution >= 0.6 is 23.1 Å². The lowest BCUT2D eigenvalue weighted by molar-refractivity contribution is -0.291. The Balaban J connectivity index is 1.50. The normalized spacial score (nSPS) is 11.6. The van der Waals surface area contributed by atoms with Gasteiger partial charge in [-0.25, -0.2) is 9.78 Å². The molecule has 0 spiro atoms. The van der Waals surface area contributed by atoms with E-state index in [-0.39, 0.29) is 12.1 Å². The van der Waals surface area contributed by atoms with E-state index in [4.69, 9.17) is 14.8 Å². The molecule has 0 aliphatic rings. The highest BCUT2D eigenvalue weighted by molar-refractivity contribution is 7.99. The molecule has 0 fully saturated rings. The number of thioether (sulfide) groups is 1. The molecule has 4 rings (SSSR count). The topological polar surface area (TPSA) is 53.4 Å². The fourth-order valence-electron chi connectivity index (χ4n) is 3.52. The van der Waals surface area contributed by atoms with Gasteiger partial charge in [-0.1, -0.05) is 36.0 Å². The number of benzene rings is 2. The molecule has 4 aromatic rings. The fraction of sp³-hybridized carbons (Fsp3) is 0.333. The monoisotopic (exact) mass is 454 g/mol. The minimum Gasteiger partial charge on any atom is -0.314 e. The molecule has 0 N–H and O–H groups in total. The highest BCUT2D eigenvalue weighted by Gasteiger charge is 2.15. The first-order valence-electron chi connectivity index (χ1n) is 10.4. The van der Waals surface area contributed by atoms with Crippen molar-refractivity contribution >= 4 is 50.2 Å². The molecular weight excluding hydrogens is 428 g/mol. The summed E-state index contributed by atoms with van der Waals surface area (Å²) in [5.74, 6) is 0.451. The zero-order valence-electron chi connectivity index (χ0n) is 18.0. The lowest BCUT2D eigenvalue weighted by Gasteiger charge is -2.10. The Morgan fingerprint density at radius 3 is 2.87 bits per heavy atom. The van der Waals surface area contributed by atoms with E-state index in [0.717, 1.165) is 28.5 Å². The Labute approximate surface area is 190 Å². The first kappa shape index (κ1) is 21.9. The van der Waals surface area contributed by atoms with Gasteiger partial charge in [-0.15, -0.1) is 11.3 Å². The molecule has 7 heteroatoms. The Morgan fingerprint density at radius 1 is 1.19 bits per heavy atom. The van der Waals surface area contributed by atoms with Gasteiger partial charge in [0.15, 0.2) is 5.16 Å². The van der Waals surface area contributed by atoms with E-state index < -0.39 is 0 Å². The molecule has 0 saturated heterocycles. The molecule has 0 aliphatic carbocycles. The molecule has 0 amide bonds. The van der Waals surface area contributed by atoms with Crippen molar-refractivity contribution in [3.8, 4) is 0 Å². The van der Waals surface area contributed by atoms with Gasteiger partial charge in [0.2, 0.25) is 0 Å². The number of imidazole rings is 1. The standard InChI is InChI=1S/C24H26N2O3S2/c1-16(2)28-29-22(27)12-7-13-30-24-25-19-9-4-5-10-20(19)26(24)14-18-15-31-21-11-6-8-17(3)23(18)21/h4-6,8-11,15-16H,7,12-14H2,1-3H3. The average Bonchev–Trinajstić information content (AvgIpc) is 3.32. The Kier molecular flexibility index (Phi) is 6.95. The molecular formula is C24H26N2O3S2. The summed E-state index contributed by atoms with van der Waals surface area (Å²) in [4.78, 5) is 26.3. The van der Waals surface area contributed by atoms with E-state index in [1.165, 1.54) is 21.2 Å². The van der Waals surface area contributed by atoms with Gasteiger partial charge < -0.3 is 4.57 Å². The van der Waals surface area contributed by atoms with Crippen molar-refractivity contribution in [1.29, 1.82) is 0 Å². The molecule has 5 nitrogen and oxygen atoms in total. The van der Waals surface area contributed by atoms with Gasteiger partial charge in [-0.2, -0.15) is 4.89 Å². The summed E-state index contributed by atoms with van der Waals surface area (Å²) < 4.78 is 3.60. The SMILES string of the molecule is Cc1cccc2scc(Cn3c(SCCCC(=O)OOC(C)C)nc4ccccc43)c12. The van der Waals surface area contributed by atoms with Crippen molar-refractivity contribution in [2.45, 2.75) is 51.4 Å². The number of carbonyl (C=O) groups is 1. The second kappa shape index (κ2) is 9.85. The highest BCUT2D eigenvalue weighted by atomic mass is 32.2. The summed E-state index contributed by atoms with van der Waals surface area (Å²) in [6.07, 6.45) is 0.901. The van der Waals surface area contributed by atoms with Crippen LogP contribution < -0.4 is 0 Å². The number of rotatable bonds is 9. The molecule has 0 unspecified atom stereocenters. The maximum atomic E-state index is 11.8. The molecule has 2 heterocycles. The van der Waals surface area contributed by atoms with E-state index in [9.17, 15) is 4.79 Å². The summed E-state index contributed by atoms with van der Waals surface area (Å²) in [6.45, 7) is 6.60. The van der Waals surface area contributed by atoms with Crippen LogP contribution in [0.25, 0.3) is 21.1 Å². The Bertz CT molecular complexity index is 1200. The number of carbonyl (C=O) groups excluding carboxylic acids is 1. The number of hydrogen-bond acceptors (Lipinski definition) is 6. The van der Waals surface area contributed by atoms with Gasteiger partial charge in [0, 0.05) is 22.3 Å². The zero-order valence-corrected chi connectivity index (χ0v) is 19.6. The molecule has 0 atom stereocenters. The maximum Gasteiger partial charge on any atom is 0.342 e.